The van der Waals surface area contributed by atoms with Gasteiger partial charge in [-0.3, -0.25) is 0 Å². The van der Waals surface area contributed by atoms with Crippen molar-refractivity contribution in [1.82, 2.24) is 0 Å². The second-order valence-corrected chi connectivity index (χ2v) is 3.95. The van der Waals surface area contributed by atoms with Crippen LogP contribution in [0.5, 0.6) is 0 Å². The van der Waals surface area contributed by atoms with E-state index in [2.05, 4.69) is 14.1 Å². The van der Waals surface area contributed by atoms with Gasteiger partial charge >= 0.3 is 0 Å². The third kappa shape index (κ3) is 1.96. The van der Waals surface area contributed by atoms with Crippen LogP contribution in [0.3, 0.4) is 0 Å². The fourth-order valence-corrected chi connectivity index (χ4v) is 1.79. The number of quaternary nitrogens is 1. The van der Waals surface area contributed by atoms with Crippen molar-refractivity contribution in [2.75, 3.05) is 40.9 Å². The van der Waals surface area contributed by atoms with Gasteiger partial charge in [0.2, 0.25) is 0 Å². The molecular weight excluding hydrogens is 126 g/mol. The number of likely N-dealkylation sites (tertiary alicyclic amines) is 1. The van der Waals surface area contributed by atoms with E-state index in [1.54, 1.807) is 7.11 Å². The van der Waals surface area contributed by atoms with Gasteiger partial charge in [0.15, 0.2) is 0 Å². The molecule has 0 N–H and O–H groups in total. The number of methoxy groups -OCH3 is 1. The summed E-state index contributed by atoms with van der Waals surface area (Å²) in [6, 6.07) is 0. The number of ether oxygens (including phenoxy) is 1. The van der Waals surface area contributed by atoms with Gasteiger partial charge in [0.1, 0.15) is 0 Å². The van der Waals surface area contributed by atoms with Crippen LogP contribution in [0.4, 0.5) is 0 Å². The monoisotopic (exact) mass is 144 g/mol. The molecule has 1 fully saturated rings. The van der Waals surface area contributed by atoms with Crippen LogP contribution < -0.4 is 0 Å². The number of hydrogen-bond acceptors (Lipinski definition) is 1. The molecule has 0 spiro atoms. The summed E-state index contributed by atoms with van der Waals surface area (Å²) in [5.41, 5.74) is 0. The minimum Gasteiger partial charge on any atom is -0.384 e. The lowest BCUT2D eigenvalue weighted by atomic mass is 10.1. The molecule has 0 bridgehead atoms. The highest BCUT2D eigenvalue weighted by Crippen LogP contribution is 2.19. The lowest BCUT2D eigenvalue weighted by molar-refractivity contribution is -0.879. The van der Waals surface area contributed by atoms with E-state index in [4.69, 9.17) is 4.74 Å². The summed E-state index contributed by atoms with van der Waals surface area (Å²) in [6.07, 6.45) is 1.33. The molecule has 10 heavy (non-hydrogen) atoms. The summed E-state index contributed by atoms with van der Waals surface area (Å²) < 4.78 is 6.28. The SMILES string of the molecule is COCC1CC[N+](C)(C)C1. The highest BCUT2D eigenvalue weighted by molar-refractivity contribution is 4.63. The zero-order chi connectivity index (χ0) is 7.61. The van der Waals surface area contributed by atoms with E-state index in [1.807, 2.05) is 0 Å². The van der Waals surface area contributed by atoms with Gasteiger partial charge in [0, 0.05) is 19.4 Å². The maximum atomic E-state index is 5.11. The maximum absolute atomic E-state index is 5.11. The van der Waals surface area contributed by atoms with Crippen molar-refractivity contribution in [3.8, 4) is 0 Å². The first kappa shape index (κ1) is 8.02. The van der Waals surface area contributed by atoms with Gasteiger partial charge in [0.25, 0.3) is 0 Å². The Balaban J connectivity index is 2.29. The Morgan fingerprint density at radius 3 is 2.60 bits per heavy atom. The normalized spacial score (nSPS) is 30.9. The summed E-state index contributed by atoms with van der Waals surface area (Å²) in [7, 11) is 6.36. The molecule has 1 rings (SSSR count). The summed E-state index contributed by atoms with van der Waals surface area (Å²) in [4.78, 5) is 0. The third-order valence-electron chi connectivity index (χ3n) is 2.30. The Labute approximate surface area is 63.4 Å². The van der Waals surface area contributed by atoms with Crippen LogP contribution >= 0.6 is 0 Å². The molecule has 0 aromatic rings. The Morgan fingerprint density at radius 1 is 1.50 bits per heavy atom. The van der Waals surface area contributed by atoms with Gasteiger partial charge < -0.3 is 9.22 Å². The Hall–Kier alpha value is -0.0800. The largest absolute Gasteiger partial charge is 0.384 e. The van der Waals surface area contributed by atoms with Crippen molar-refractivity contribution in [2.24, 2.45) is 5.92 Å². The number of nitrogens with zero attached hydrogens (tertiary/aromatic N) is 1. The van der Waals surface area contributed by atoms with Crippen LogP contribution in [0.2, 0.25) is 0 Å². The Bertz CT molecular complexity index is 112. The molecule has 0 aromatic carbocycles. The Morgan fingerprint density at radius 2 is 2.20 bits per heavy atom. The molecule has 1 atom stereocenters. The molecule has 1 saturated heterocycles. The highest BCUT2D eigenvalue weighted by atomic mass is 16.5. The lowest BCUT2D eigenvalue weighted by Crippen LogP contribution is -2.36. The van der Waals surface area contributed by atoms with Gasteiger partial charge in [-0.1, -0.05) is 0 Å². The summed E-state index contributed by atoms with van der Waals surface area (Å²) in [6.45, 7) is 3.55. The molecule has 1 aliphatic rings. The van der Waals surface area contributed by atoms with Gasteiger partial charge in [-0.25, -0.2) is 0 Å². The predicted octanol–water partition coefficient (Wildman–Crippen LogP) is 0.729. The average molecular weight is 144 g/mol. The Kier molecular flexibility index (Phi) is 2.32. The standard InChI is InChI=1S/C8H18NO/c1-9(2)5-4-8(6-9)7-10-3/h8H,4-7H2,1-3H3/q+1. The lowest BCUT2D eigenvalue weighted by Gasteiger charge is -2.23. The van der Waals surface area contributed by atoms with Crippen molar-refractivity contribution in [1.29, 1.82) is 0 Å². The van der Waals surface area contributed by atoms with E-state index in [9.17, 15) is 0 Å². The molecule has 0 amide bonds. The van der Waals surface area contributed by atoms with Crippen LogP contribution in [0.1, 0.15) is 6.42 Å². The van der Waals surface area contributed by atoms with Crippen molar-refractivity contribution in [3.05, 3.63) is 0 Å². The number of rotatable bonds is 2. The van der Waals surface area contributed by atoms with Crippen LogP contribution in [0.25, 0.3) is 0 Å². The summed E-state index contributed by atoms with van der Waals surface area (Å²) in [5.74, 6) is 0.806. The van der Waals surface area contributed by atoms with E-state index in [1.165, 1.54) is 24.0 Å². The van der Waals surface area contributed by atoms with Crippen LogP contribution in [0.15, 0.2) is 0 Å². The van der Waals surface area contributed by atoms with Crippen LogP contribution in [-0.4, -0.2) is 45.4 Å². The fraction of sp³-hybridized carbons (Fsp3) is 1.00. The topological polar surface area (TPSA) is 9.23 Å². The first-order valence-corrected chi connectivity index (χ1v) is 3.95. The first-order valence-electron chi connectivity index (χ1n) is 3.95. The zero-order valence-corrected chi connectivity index (χ0v) is 7.26. The van der Waals surface area contributed by atoms with Gasteiger partial charge in [0.05, 0.1) is 33.8 Å². The van der Waals surface area contributed by atoms with Gasteiger partial charge in [-0.05, 0) is 0 Å². The molecule has 2 heteroatoms. The molecule has 0 saturated carbocycles. The van der Waals surface area contributed by atoms with Crippen LogP contribution in [0, 0.1) is 5.92 Å². The quantitative estimate of drug-likeness (QED) is 0.519. The minimum absolute atomic E-state index is 0.806. The molecule has 0 radical (unpaired) electrons. The van der Waals surface area contributed by atoms with Crippen molar-refractivity contribution < 1.29 is 9.22 Å². The van der Waals surface area contributed by atoms with E-state index in [-0.39, 0.29) is 0 Å². The second-order valence-electron chi connectivity index (χ2n) is 3.95. The highest BCUT2D eigenvalue weighted by Gasteiger charge is 2.30. The van der Waals surface area contributed by atoms with Gasteiger partial charge in [-0.15, -0.1) is 0 Å². The number of hydrogen-bond donors (Lipinski definition) is 0. The van der Waals surface area contributed by atoms with E-state index < -0.39 is 0 Å². The molecule has 1 heterocycles. The smallest absolute Gasteiger partial charge is 0.0835 e. The fourth-order valence-electron chi connectivity index (χ4n) is 1.79. The minimum atomic E-state index is 0.806. The van der Waals surface area contributed by atoms with Crippen LogP contribution in [-0.2, 0) is 4.74 Å². The van der Waals surface area contributed by atoms with Crippen molar-refractivity contribution in [2.45, 2.75) is 6.42 Å². The average Bonchev–Trinajstić information content (AvgIpc) is 2.12. The molecule has 1 aliphatic heterocycles. The zero-order valence-electron chi connectivity index (χ0n) is 7.26. The molecular formula is C8H18NO+. The molecule has 1 unspecified atom stereocenters. The third-order valence-corrected chi connectivity index (χ3v) is 2.30. The maximum Gasteiger partial charge on any atom is 0.0835 e. The van der Waals surface area contributed by atoms with E-state index in [0.29, 0.717) is 0 Å². The molecule has 0 aromatic heterocycles. The predicted molar refractivity (Wildman–Crippen MR) is 41.8 cm³/mol. The van der Waals surface area contributed by atoms with E-state index in [0.717, 1.165) is 12.5 Å². The molecule has 2 nitrogen and oxygen atoms in total. The van der Waals surface area contributed by atoms with E-state index >= 15 is 0 Å². The second kappa shape index (κ2) is 2.89. The molecule has 60 valence electrons. The summed E-state index contributed by atoms with van der Waals surface area (Å²) in [5, 5.41) is 0. The van der Waals surface area contributed by atoms with Gasteiger partial charge in [-0.2, -0.15) is 0 Å². The first-order chi connectivity index (χ1) is 4.64. The van der Waals surface area contributed by atoms with Crippen molar-refractivity contribution >= 4 is 0 Å². The molecule has 0 aliphatic carbocycles. The summed E-state index contributed by atoms with van der Waals surface area (Å²) >= 11 is 0. The van der Waals surface area contributed by atoms with Crippen molar-refractivity contribution in [3.63, 3.8) is 0 Å².